The van der Waals surface area contributed by atoms with Gasteiger partial charge in [-0.25, -0.2) is 0 Å². The predicted molar refractivity (Wildman–Crippen MR) is 67.8 cm³/mol. The highest BCUT2D eigenvalue weighted by Crippen LogP contribution is 2.29. The van der Waals surface area contributed by atoms with Gasteiger partial charge < -0.3 is 9.47 Å². The van der Waals surface area contributed by atoms with Gasteiger partial charge in [0.2, 0.25) is 0 Å². The molecule has 0 saturated heterocycles. The fourth-order valence-electron chi connectivity index (χ4n) is 2.14. The summed E-state index contributed by atoms with van der Waals surface area (Å²) in [6.07, 6.45) is 5.12. The van der Waals surface area contributed by atoms with Gasteiger partial charge in [-0.15, -0.1) is 0 Å². The van der Waals surface area contributed by atoms with Crippen LogP contribution in [0.3, 0.4) is 0 Å². The van der Waals surface area contributed by atoms with E-state index < -0.39 is 0 Å². The molecule has 0 amide bonds. The summed E-state index contributed by atoms with van der Waals surface area (Å²) in [5, 5.41) is 0. The largest absolute Gasteiger partial charge is 0.489 e. The van der Waals surface area contributed by atoms with Gasteiger partial charge in [0, 0.05) is 13.5 Å². The van der Waals surface area contributed by atoms with Crippen molar-refractivity contribution in [1.29, 1.82) is 0 Å². The number of rotatable bonds is 3. The quantitative estimate of drug-likeness (QED) is 0.841. The lowest BCUT2D eigenvalue weighted by atomic mass is 9.95. The first-order chi connectivity index (χ1) is 7.79. The Kier molecular flexibility index (Phi) is 4.24. The van der Waals surface area contributed by atoms with Crippen LogP contribution in [0.25, 0.3) is 0 Å². The molecule has 1 aromatic rings. The van der Waals surface area contributed by atoms with Crippen molar-refractivity contribution in [3.8, 4) is 5.75 Å². The molecule has 0 spiro atoms. The summed E-state index contributed by atoms with van der Waals surface area (Å²) >= 11 is 3.50. The van der Waals surface area contributed by atoms with Crippen molar-refractivity contribution in [2.75, 3.05) is 7.11 Å². The van der Waals surface area contributed by atoms with E-state index in [4.69, 9.17) is 9.47 Å². The van der Waals surface area contributed by atoms with Crippen LogP contribution < -0.4 is 4.74 Å². The smallest absolute Gasteiger partial charge is 0.133 e. The summed E-state index contributed by atoms with van der Waals surface area (Å²) in [5.41, 5.74) is 0. The molecular formula is C13H17BrO2. The molecule has 0 radical (unpaired) electrons. The number of hydrogen-bond acceptors (Lipinski definition) is 2. The van der Waals surface area contributed by atoms with Crippen LogP contribution in [0, 0.1) is 0 Å². The van der Waals surface area contributed by atoms with Crippen molar-refractivity contribution < 1.29 is 9.47 Å². The molecule has 16 heavy (non-hydrogen) atoms. The zero-order chi connectivity index (χ0) is 11.4. The van der Waals surface area contributed by atoms with E-state index in [0.717, 1.165) is 29.5 Å². The Hall–Kier alpha value is -0.540. The van der Waals surface area contributed by atoms with Gasteiger partial charge in [-0.2, -0.15) is 0 Å². The molecule has 0 N–H and O–H groups in total. The maximum atomic E-state index is 5.99. The van der Waals surface area contributed by atoms with Crippen molar-refractivity contribution in [2.24, 2.45) is 0 Å². The third kappa shape index (κ3) is 2.98. The summed E-state index contributed by atoms with van der Waals surface area (Å²) in [4.78, 5) is 0. The van der Waals surface area contributed by atoms with Gasteiger partial charge in [-0.3, -0.25) is 0 Å². The monoisotopic (exact) mass is 284 g/mol. The second-order valence-corrected chi connectivity index (χ2v) is 5.05. The van der Waals surface area contributed by atoms with E-state index >= 15 is 0 Å². The number of halogens is 1. The molecule has 1 aliphatic carbocycles. The number of ether oxygens (including phenoxy) is 2. The Bertz CT molecular complexity index is 340. The Morgan fingerprint density at radius 1 is 1.19 bits per heavy atom. The second kappa shape index (κ2) is 5.69. The van der Waals surface area contributed by atoms with E-state index in [9.17, 15) is 0 Å². The van der Waals surface area contributed by atoms with Gasteiger partial charge in [0.15, 0.2) is 0 Å². The Balaban J connectivity index is 1.97. The summed E-state index contributed by atoms with van der Waals surface area (Å²) in [5.74, 6) is 0.934. The van der Waals surface area contributed by atoms with E-state index in [1.54, 1.807) is 7.11 Å². The molecule has 1 fully saturated rings. The molecule has 2 rings (SSSR count). The minimum absolute atomic E-state index is 0.289. The lowest BCUT2D eigenvalue weighted by Crippen LogP contribution is -2.29. The Labute approximate surface area is 105 Å². The van der Waals surface area contributed by atoms with Crippen LogP contribution in [0.2, 0.25) is 0 Å². The van der Waals surface area contributed by atoms with Crippen molar-refractivity contribution in [2.45, 2.75) is 37.9 Å². The van der Waals surface area contributed by atoms with Crippen molar-refractivity contribution in [3.63, 3.8) is 0 Å². The van der Waals surface area contributed by atoms with Crippen molar-refractivity contribution in [1.82, 2.24) is 0 Å². The molecule has 0 bridgehead atoms. The normalized spacial score (nSPS) is 25.4. The molecule has 3 heteroatoms. The van der Waals surface area contributed by atoms with Crippen LogP contribution in [-0.4, -0.2) is 19.3 Å². The van der Waals surface area contributed by atoms with E-state index in [0.29, 0.717) is 6.10 Å². The van der Waals surface area contributed by atoms with Gasteiger partial charge in [0.1, 0.15) is 11.9 Å². The maximum absolute atomic E-state index is 5.99. The van der Waals surface area contributed by atoms with Gasteiger partial charge >= 0.3 is 0 Å². The zero-order valence-corrected chi connectivity index (χ0v) is 11.1. The van der Waals surface area contributed by atoms with E-state index in [-0.39, 0.29) is 6.10 Å². The van der Waals surface area contributed by atoms with Gasteiger partial charge in [0.05, 0.1) is 10.6 Å². The first kappa shape index (κ1) is 11.9. The molecule has 2 unspecified atom stereocenters. The fourth-order valence-corrected chi connectivity index (χ4v) is 2.52. The fraction of sp³-hybridized carbons (Fsp3) is 0.538. The van der Waals surface area contributed by atoms with Crippen LogP contribution in [0.5, 0.6) is 5.75 Å². The van der Waals surface area contributed by atoms with Crippen LogP contribution >= 0.6 is 15.9 Å². The first-order valence-corrected chi connectivity index (χ1v) is 6.53. The summed E-state index contributed by atoms with van der Waals surface area (Å²) in [6.45, 7) is 0. The minimum atomic E-state index is 0.289. The highest BCUT2D eigenvalue weighted by molar-refractivity contribution is 9.10. The molecule has 0 heterocycles. The highest BCUT2D eigenvalue weighted by Gasteiger charge is 2.23. The van der Waals surface area contributed by atoms with Gasteiger partial charge in [-0.1, -0.05) is 12.1 Å². The summed E-state index contributed by atoms with van der Waals surface area (Å²) in [7, 11) is 1.78. The number of methoxy groups -OCH3 is 1. The standard InChI is InChI=1S/C13H17BrO2/c1-15-10-5-4-6-11(9-10)16-13-8-3-2-7-12(13)14/h2-3,7-8,10-11H,4-6,9H2,1H3. The molecule has 1 saturated carbocycles. The molecule has 0 aromatic heterocycles. The Morgan fingerprint density at radius 2 is 1.94 bits per heavy atom. The molecule has 0 aliphatic heterocycles. The van der Waals surface area contributed by atoms with Gasteiger partial charge in [0.25, 0.3) is 0 Å². The molecule has 2 nitrogen and oxygen atoms in total. The summed E-state index contributed by atoms with van der Waals surface area (Å²) in [6, 6.07) is 8.00. The van der Waals surface area contributed by atoms with Crippen LogP contribution in [0.1, 0.15) is 25.7 Å². The SMILES string of the molecule is COC1CCCC(Oc2ccccc2Br)C1. The van der Waals surface area contributed by atoms with Crippen LogP contribution in [-0.2, 0) is 4.74 Å². The van der Waals surface area contributed by atoms with Crippen LogP contribution in [0.15, 0.2) is 28.7 Å². The Morgan fingerprint density at radius 3 is 2.69 bits per heavy atom. The number of hydrogen-bond donors (Lipinski definition) is 0. The molecular weight excluding hydrogens is 268 g/mol. The van der Waals surface area contributed by atoms with Crippen molar-refractivity contribution >= 4 is 15.9 Å². The lowest BCUT2D eigenvalue weighted by molar-refractivity contribution is 0.0207. The molecule has 1 aromatic carbocycles. The van der Waals surface area contributed by atoms with Crippen LogP contribution in [0.4, 0.5) is 0 Å². The third-order valence-electron chi connectivity index (χ3n) is 3.04. The molecule has 88 valence electrons. The topological polar surface area (TPSA) is 18.5 Å². The average molecular weight is 285 g/mol. The number of benzene rings is 1. The van der Waals surface area contributed by atoms with Crippen molar-refractivity contribution in [3.05, 3.63) is 28.7 Å². The van der Waals surface area contributed by atoms with E-state index in [1.807, 2.05) is 24.3 Å². The molecule has 2 atom stereocenters. The molecule has 1 aliphatic rings. The lowest BCUT2D eigenvalue weighted by Gasteiger charge is -2.28. The predicted octanol–water partition coefficient (Wildman–Crippen LogP) is 3.79. The minimum Gasteiger partial charge on any atom is -0.489 e. The first-order valence-electron chi connectivity index (χ1n) is 5.73. The maximum Gasteiger partial charge on any atom is 0.133 e. The second-order valence-electron chi connectivity index (χ2n) is 4.19. The average Bonchev–Trinajstić information content (AvgIpc) is 2.32. The zero-order valence-electron chi connectivity index (χ0n) is 9.49. The highest BCUT2D eigenvalue weighted by atomic mass is 79.9. The number of para-hydroxylation sites is 1. The van der Waals surface area contributed by atoms with E-state index in [2.05, 4.69) is 15.9 Å². The van der Waals surface area contributed by atoms with E-state index in [1.165, 1.54) is 6.42 Å². The van der Waals surface area contributed by atoms with Gasteiger partial charge in [-0.05, 0) is 47.3 Å². The summed E-state index contributed by atoms with van der Waals surface area (Å²) < 4.78 is 12.4. The third-order valence-corrected chi connectivity index (χ3v) is 3.70.